The predicted molar refractivity (Wildman–Crippen MR) is 189 cm³/mol. The monoisotopic (exact) mass is 729 g/mol. The second kappa shape index (κ2) is 32.5. The largest absolute Gasteiger partial charge is 0.481 e. The molecule has 0 rings (SSSR count). The number of ether oxygens (including phenoxy) is 2. The van der Waals surface area contributed by atoms with Crippen LogP contribution >= 0.6 is 0 Å². The third-order valence-corrected chi connectivity index (χ3v) is 8.31. The summed E-state index contributed by atoms with van der Waals surface area (Å²) in [6.07, 6.45) is 10.2. The van der Waals surface area contributed by atoms with E-state index in [9.17, 15) is 38.7 Å². The van der Waals surface area contributed by atoms with Gasteiger partial charge in [-0.25, -0.2) is 0 Å². The van der Waals surface area contributed by atoms with Gasteiger partial charge in [-0.05, 0) is 64.8 Å². The Labute approximate surface area is 302 Å². The van der Waals surface area contributed by atoms with Crippen LogP contribution in [-0.4, -0.2) is 109 Å². The number of carboxylic acids is 3. The Morgan fingerprint density at radius 1 is 0.510 bits per heavy atom. The molecule has 0 aliphatic heterocycles. The Morgan fingerprint density at radius 3 is 1.65 bits per heavy atom. The van der Waals surface area contributed by atoms with Gasteiger partial charge in [-0.2, -0.15) is 0 Å². The number of carbonyl (C=O) groups is 7. The van der Waals surface area contributed by atoms with Crippen LogP contribution in [-0.2, 0) is 43.0 Å². The molecule has 0 aliphatic rings. The number of rotatable bonds is 37. The molecule has 0 saturated carbocycles. The van der Waals surface area contributed by atoms with Crippen LogP contribution in [0.4, 0.5) is 0 Å². The maximum absolute atomic E-state index is 12.3. The van der Waals surface area contributed by atoms with E-state index in [0.29, 0.717) is 84.5 Å². The Morgan fingerprint density at radius 2 is 1.06 bits per heavy atom. The van der Waals surface area contributed by atoms with Crippen LogP contribution in [0.25, 0.3) is 0 Å². The molecule has 0 spiro atoms. The van der Waals surface area contributed by atoms with E-state index in [0.717, 1.165) is 44.9 Å². The number of Topliss-reactive ketones (excluding diaryl/α,β-unsaturated/α-hetero) is 2. The summed E-state index contributed by atoms with van der Waals surface area (Å²) in [5.41, 5.74) is 0. The molecule has 0 radical (unpaired) electrons. The van der Waals surface area contributed by atoms with Gasteiger partial charge in [-0.15, -0.1) is 0 Å². The Hall–Kier alpha value is -3.43. The van der Waals surface area contributed by atoms with Crippen LogP contribution in [0.1, 0.15) is 128 Å². The summed E-state index contributed by atoms with van der Waals surface area (Å²) in [6.45, 7) is 2.55. The van der Waals surface area contributed by atoms with Gasteiger partial charge in [0.05, 0.1) is 19.1 Å². The first kappa shape index (κ1) is 47.6. The molecule has 6 N–H and O–H groups in total. The molecule has 15 nitrogen and oxygen atoms in total. The number of nitrogens with one attached hydrogen (secondary N) is 3. The summed E-state index contributed by atoms with van der Waals surface area (Å²) < 4.78 is 11.0. The van der Waals surface area contributed by atoms with Gasteiger partial charge in [-0.1, -0.05) is 25.7 Å². The maximum atomic E-state index is 12.3. The number of carboxylic acid groups (broad SMARTS) is 3. The van der Waals surface area contributed by atoms with E-state index in [1.54, 1.807) is 7.05 Å². The van der Waals surface area contributed by atoms with Gasteiger partial charge >= 0.3 is 17.9 Å². The molecule has 2 atom stereocenters. The van der Waals surface area contributed by atoms with Crippen molar-refractivity contribution in [2.75, 3.05) is 46.6 Å². The fraction of sp³-hybridized carbons (Fsp3) is 0.806. The molecule has 0 unspecified atom stereocenters. The van der Waals surface area contributed by atoms with Crippen LogP contribution < -0.4 is 16.0 Å². The van der Waals surface area contributed by atoms with Gasteiger partial charge in [-0.3, -0.25) is 33.6 Å². The minimum atomic E-state index is -1.17. The Kier molecular flexibility index (Phi) is 30.3. The number of carbonyl (C=O) groups excluding carboxylic acids is 4. The van der Waals surface area contributed by atoms with Crippen molar-refractivity contribution in [1.82, 2.24) is 16.0 Å². The molecule has 0 heterocycles. The molecule has 15 heteroatoms. The van der Waals surface area contributed by atoms with Crippen molar-refractivity contribution in [2.45, 2.75) is 134 Å². The first-order valence-electron chi connectivity index (χ1n) is 18.5. The zero-order chi connectivity index (χ0) is 38.1. The average Bonchev–Trinajstić information content (AvgIpc) is 3.08. The van der Waals surface area contributed by atoms with Crippen LogP contribution in [0.15, 0.2) is 0 Å². The molecule has 0 aromatic heterocycles. The molecule has 0 aromatic carbocycles. The van der Waals surface area contributed by atoms with Gasteiger partial charge in [0.1, 0.15) is 17.6 Å². The lowest BCUT2D eigenvalue weighted by atomic mass is 9.95. The lowest BCUT2D eigenvalue weighted by Crippen LogP contribution is -2.34. The number of aliphatic carboxylic acids is 3. The van der Waals surface area contributed by atoms with E-state index in [4.69, 9.17) is 19.7 Å². The highest BCUT2D eigenvalue weighted by atomic mass is 16.5. The summed E-state index contributed by atoms with van der Waals surface area (Å²) in [5, 5.41) is 35.2. The van der Waals surface area contributed by atoms with Gasteiger partial charge < -0.3 is 40.7 Å². The van der Waals surface area contributed by atoms with Gasteiger partial charge in [0, 0.05) is 71.2 Å². The number of hydrogen-bond donors (Lipinski definition) is 6. The summed E-state index contributed by atoms with van der Waals surface area (Å²) in [5.74, 6) is -4.62. The van der Waals surface area contributed by atoms with Crippen molar-refractivity contribution in [1.29, 1.82) is 0 Å². The number of hydrogen-bond acceptors (Lipinski definition) is 10. The van der Waals surface area contributed by atoms with Gasteiger partial charge in [0.15, 0.2) is 0 Å². The van der Waals surface area contributed by atoms with E-state index in [1.807, 2.05) is 0 Å². The van der Waals surface area contributed by atoms with E-state index in [-0.39, 0.29) is 61.9 Å². The van der Waals surface area contributed by atoms with Crippen molar-refractivity contribution in [3.8, 4) is 0 Å². The van der Waals surface area contributed by atoms with Crippen LogP contribution in [0.2, 0.25) is 0 Å². The summed E-state index contributed by atoms with van der Waals surface area (Å²) in [6, 6.07) is -0.644. The molecule has 0 saturated heterocycles. The van der Waals surface area contributed by atoms with Crippen molar-refractivity contribution in [3.63, 3.8) is 0 Å². The minimum Gasteiger partial charge on any atom is -0.481 e. The molecule has 0 aromatic rings. The first-order valence-corrected chi connectivity index (χ1v) is 18.5. The lowest BCUT2D eigenvalue weighted by molar-refractivity contribution is -0.144. The highest BCUT2D eigenvalue weighted by Gasteiger charge is 2.22. The highest BCUT2D eigenvalue weighted by molar-refractivity contribution is 5.87. The molecule has 2 amide bonds. The third-order valence-electron chi connectivity index (χ3n) is 8.31. The van der Waals surface area contributed by atoms with Gasteiger partial charge in [0.25, 0.3) is 0 Å². The quantitative estimate of drug-likeness (QED) is 0.0502. The number of ketones is 2. The summed E-state index contributed by atoms with van der Waals surface area (Å²) in [4.78, 5) is 81.5. The molecule has 294 valence electrons. The number of likely N-dealkylation sites (N-methyl/N-ethyl adjacent to an activating group) is 1. The van der Waals surface area contributed by atoms with Crippen molar-refractivity contribution in [3.05, 3.63) is 0 Å². The topological polar surface area (TPSA) is 235 Å². The highest BCUT2D eigenvalue weighted by Crippen LogP contribution is 2.15. The average molecular weight is 730 g/mol. The smallest absolute Gasteiger partial charge is 0.320 e. The first-order chi connectivity index (χ1) is 24.5. The summed E-state index contributed by atoms with van der Waals surface area (Å²) in [7, 11) is 1.57. The fourth-order valence-corrected chi connectivity index (χ4v) is 5.20. The van der Waals surface area contributed by atoms with Crippen molar-refractivity contribution >= 4 is 41.3 Å². The van der Waals surface area contributed by atoms with E-state index in [1.165, 1.54) is 0 Å². The molecular formula is C36H63N3O12. The molecule has 51 heavy (non-hydrogen) atoms. The zero-order valence-corrected chi connectivity index (χ0v) is 30.6. The predicted octanol–water partition coefficient (Wildman–Crippen LogP) is 3.65. The van der Waals surface area contributed by atoms with E-state index in [2.05, 4.69) is 16.0 Å². The summed E-state index contributed by atoms with van der Waals surface area (Å²) >= 11 is 0. The fourth-order valence-electron chi connectivity index (χ4n) is 5.20. The Bertz CT molecular complexity index is 1020. The molecule has 0 fully saturated rings. The van der Waals surface area contributed by atoms with Crippen LogP contribution in [0, 0.1) is 5.92 Å². The maximum Gasteiger partial charge on any atom is 0.320 e. The van der Waals surface area contributed by atoms with Gasteiger partial charge in [0.2, 0.25) is 11.8 Å². The number of amides is 2. The van der Waals surface area contributed by atoms with Crippen molar-refractivity contribution < 1.29 is 58.4 Å². The van der Waals surface area contributed by atoms with E-state index >= 15 is 0 Å². The second-order valence-corrected chi connectivity index (χ2v) is 12.8. The van der Waals surface area contributed by atoms with Crippen molar-refractivity contribution in [2.24, 2.45) is 5.92 Å². The van der Waals surface area contributed by atoms with Crippen LogP contribution in [0.3, 0.4) is 0 Å². The van der Waals surface area contributed by atoms with E-state index < -0.39 is 29.9 Å². The molecular weight excluding hydrogens is 666 g/mol. The lowest BCUT2D eigenvalue weighted by Gasteiger charge is -2.12. The third kappa shape index (κ3) is 31.1. The van der Waals surface area contributed by atoms with Crippen LogP contribution in [0.5, 0.6) is 0 Å². The Balaban J connectivity index is 3.74. The number of unbranched alkanes of at least 4 members (excludes halogenated alkanes) is 7. The minimum absolute atomic E-state index is 0.00536. The normalized spacial score (nSPS) is 12.2. The molecule has 0 bridgehead atoms. The zero-order valence-electron chi connectivity index (χ0n) is 30.6. The molecule has 0 aliphatic carbocycles. The standard InChI is InChI=1S/C36H63N3O12/c1-37-31(36(48)49)15-8-10-21-38-32(42)19-17-28(35(46)47)27-30(41)18-20-33(43)39-22-12-24-51-26-25-50-23-11-9-14-29(40)13-6-4-2-3-5-7-16-34(44)45/h28,31,37H,2-27H2,1H3,(H,38,42)(H,39,43)(H,44,45)(H,46,47)(H,48,49)/t28-,31+/m1/s1. The second-order valence-electron chi connectivity index (χ2n) is 12.8. The SMILES string of the molecule is CN[C@@H](CCCCNC(=O)CC[C@H](CC(=O)CCC(=O)NCCCOCCOCCCCC(=O)CCCCCCCCC(=O)O)C(=O)O)C(=O)O.